The van der Waals surface area contributed by atoms with Crippen LogP contribution in [0.15, 0.2) is 0 Å². The summed E-state index contributed by atoms with van der Waals surface area (Å²) in [5.74, 6) is 0. The molecule has 2 heterocycles. The summed E-state index contributed by atoms with van der Waals surface area (Å²) in [5.41, 5.74) is 2.22. The lowest BCUT2D eigenvalue weighted by Crippen LogP contribution is -2.02. The zero-order valence-electron chi connectivity index (χ0n) is 9.71. The molecule has 0 aromatic carbocycles. The molecule has 2 fully saturated rings. The van der Waals surface area contributed by atoms with Gasteiger partial charge in [0.05, 0.1) is 0 Å². The molecule has 0 amide bonds. The van der Waals surface area contributed by atoms with Crippen LogP contribution in [0.5, 0.6) is 0 Å². The fourth-order valence-electron chi connectivity index (χ4n) is 2.91. The van der Waals surface area contributed by atoms with Gasteiger partial charge in [-0.3, -0.25) is 0 Å². The average molecular weight is 230 g/mol. The molecule has 0 aromatic rings. The fraction of sp³-hybridized carbons (Fsp3) is 1.00. The molecular weight excluding hydrogens is 206 g/mol. The lowest BCUT2D eigenvalue weighted by Gasteiger charge is -2.21. The molecule has 0 aromatic heterocycles. The van der Waals surface area contributed by atoms with Crippen molar-refractivity contribution in [2.75, 3.05) is 24.6 Å². The summed E-state index contributed by atoms with van der Waals surface area (Å²) in [6.07, 6.45) is 12.6. The van der Waals surface area contributed by atoms with Gasteiger partial charge in [0.1, 0.15) is 0 Å². The van der Waals surface area contributed by atoms with Gasteiger partial charge in [0.15, 0.2) is 0 Å². The molecule has 0 N–H and O–H groups in total. The van der Waals surface area contributed by atoms with Crippen molar-refractivity contribution in [2.24, 2.45) is 0 Å². The van der Waals surface area contributed by atoms with Gasteiger partial charge in [-0.1, -0.05) is 13.8 Å². The van der Waals surface area contributed by atoms with Gasteiger partial charge in [-0.25, -0.2) is 0 Å². The number of hydrogen-bond acceptors (Lipinski definition) is 0. The molecule has 2 heteroatoms. The Labute approximate surface area is 91.7 Å². The largest absolute Gasteiger partial charge is 0.103 e. The second kappa shape index (κ2) is 5.27. The Hall–Kier alpha value is 0.860. The van der Waals surface area contributed by atoms with Crippen LogP contribution < -0.4 is 0 Å². The van der Waals surface area contributed by atoms with Crippen molar-refractivity contribution in [1.29, 1.82) is 0 Å². The van der Waals surface area contributed by atoms with Crippen LogP contribution in [0, 0.1) is 0 Å². The standard InChI is InChI=1S/C12H24P2/c1-11-5-3-7-13(11)9-10-14-8-4-6-12(14)2/h11-12H,3-10H2,1-2H3. The van der Waals surface area contributed by atoms with E-state index in [0.29, 0.717) is 15.8 Å². The van der Waals surface area contributed by atoms with Crippen LogP contribution in [0.25, 0.3) is 0 Å². The molecule has 0 aliphatic carbocycles. The zero-order chi connectivity index (χ0) is 9.97. The van der Waals surface area contributed by atoms with Crippen LogP contribution in [-0.2, 0) is 0 Å². The third-order valence-corrected chi connectivity index (χ3v) is 10.8. The van der Waals surface area contributed by atoms with Crippen molar-refractivity contribution >= 4 is 15.8 Å². The van der Waals surface area contributed by atoms with E-state index in [4.69, 9.17) is 0 Å². The smallest absolute Gasteiger partial charge is 0.0237 e. The van der Waals surface area contributed by atoms with Crippen LogP contribution in [0.3, 0.4) is 0 Å². The summed E-state index contributed by atoms with van der Waals surface area (Å²) in [6.45, 7) is 5.01. The van der Waals surface area contributed by atoms with Crippen molar-refractivity contribution in [2.45, 2.75) is 50.8 Å². The van der Waals surface area contributed by atoms with Crippen molar-refractivity contribution in [3.8, 4) is 0 Å². The first-order chi connectivity index (χ1) is 6.77. The maximum atomic E-state index is 2.50. The second-order valence-corrected chi connectivity index (χ2v) is 11.0. The Morgan fingerprint density at radius 1 is 0.857 bits per heavy atom. The predicted molar refractivity (Wildman–Crippen MR) is 70.7 cm³/mol. The van der Waals surface area contributed by atoms with Crippen LogP contribution in [0.2, 0.25) is 0 Å². The molecule has 0 radical (unpaired) electrons. The summed E-state index contributed by atoms with van der Waals surface area (Å²) in [6, 6.07) is 0. The minimum Gasteiger partial charge on any atom is -0.103 e. The van der Waals surface area contributed by atoms with Gasteiger partial charge in [-0.05, 0) is 61.6 Å². The molecule has 2 rings (SSSR count). The minimum atomic E-state index is 0.475. The number of rotatable bonds is 3. The topological polar surface area (TPSA) is 0 Å². The van der Waals surface area contributed by atoms with Gasteiger partial charge in [0, 0.05) is 0 Å². The Balaban J connectivity index is 1.71. The van der Waals surface area contributed by atoms with Gasteiger partial charge >= 0.3 is 0 Å². The van der Waals surface area contributed by atoms with E-state index in [1.807, 2.05) is 0 Å². The van der Waals surface area contributed by atoms with E-state index in [1.165, 1.54) is 0 Å². The molecule has 0 spiro atoms. The van der Waals surface area contributed by atoms with E-state index < -0.39 is 0 Å². The van der Waals surface area contributed by atoms with Crippen LogP contribution in [0.1, 0.15) is 39.5 Å². The molecule has 14 heavy (non-hydrogen) atoms. The molecule has 0 saturated carbocycles. The van der Waals surface area contributed by atoms with E-state index >= 15 is 0 Å². The van der Waals surface area contributed by atoms with Gasteiger partial charge in [-0.15, -0.1) is 15.8 Å². The van der Waals surface area contributed by atoms with Crippen molar-refractivity contribution in [3.05, 3.63) is 0 Å². The molecule has 0 bridgehead atoms. The lowest BCUT2D eigenvalue weighted by molar-refractivity contribution is 0.834. The molecule has 4 atom stereocenters. The Bertz CT molecular complexity index is 161. The van der Waals surface area contributed by atoms with Crippen LogP contribution in [-0.4, -0.2) is 36.0 Å². The Kier molecular flexibility index (Phi) is 4.27. The molecular formula is C12H24P2. The third kappa shape index (κ3) is 2.70. The van der Waals surface area contributed by atoms with E-state index in [1.54, 1.807) is 50.3 Å². The van der Waals surface area contributed by atoms with Crippen molar-refractivity contribution < 1.29 is 0 Å². The Morgan fingerprint density at radius 3 is 1.57 bits per heavy atom. The van der Waals surface area contributed by atoms with Crippen LogP contribution >= 0.6 is 15.8 Å². The summed E-state index contributed by atoms with van der Waals surface area (Å²) < 4.78 is 0. The second-order valence-electron chi connectivity index (χ2n) is 5.05. The lowest BCUT2D eigenvalue weighted by atomic mass is 10.3. The first kappa shape index (κ1) is 11.3. The van der Waals surface area contributed by atoms with E-state index in [-0.39, 0.29) is 0 Å². The highest BCUT2D eigenvalue weighted by Gasteiger charge is 2.26. The summed E-state index contributed by atoms with van der Waals surface area (Å²) in [7, 11) is 0.949. The number of hydrogen-bond donors (Lipinski definition) is 0. The molecule has 2 saturated heterocycles. The van der Waals surface area contributed by atoms with E-state index in [0.717, 1.165) is 11.3 Å². The summed E-state index contributed by atoms with van der Waals surface area (Å²) in [4.78, 5) is 0. The fourth-order valence-corrected chi connectivity index (χ4v) is 9.45. The monoisotopic (exact) mass is 230 g/mol. The Morgan fingerprint density at radius 2 is 1.29 bits per heavy atom. The van der Waals surface area contributed by atoms with Crippen molar-refractivity contribution in [3.63, 3.8) is 0 Å². The SMILES string of the molecule is CC1CCCP1CCP1CCCC1C. The summed E-state index contributed by atoms with van der Waals surface area (Å²) in [5, 5.41) is 0. The van der Waals surface area contributed by atoms with E-state index in [9.17, 15) is 0 Å². The molecule has 2 aliphatic heterocycles. The first-order valence-corrected chi connectivity index (χ1v) is 9.82. The zero-order valence-corrected chi connectivity index (χ0v) is 11.5. The van der Waals surface area contributed by atoms with Gasteiger partial charge < -0.3 is 0 Å². The molecule has 82 valence electrons. The predicted octanol–water partition coefficient (Wildman–Crippen LogP) is 4.31. The highest BCUT2D eigenvalue weighted by atomic mass is 31.1. The van der Waals surface area contributed by atoms with Gasteiger partial charge in [0.2, 0.25) is 0 Å². The highest BCUT2D eigenvalue weighted by Crippen LogP contribution is 2.55. The minimum absolute atomic E-state index is 0.475. The first-order valence-electron chi connectivity index (χ1n) is 6.25. The maximum Gasteiger partial charge on any atom is -0.0237 e. The maximum absolute atomic E-state index is 2.50. The summed E-state index contributed by atoms with van der Waals surface area (Å²) >= 11 is 0. The highest BCUT2D eigenvalue weighted by molar-refractivity contribution is 7.62. The van der Waals surface area contributed by atoms with Gasteiger partial charge in [-0.2, -0.15) is 0 Å². The quantitative estimate of drug-likeness (QED) is 0.633. The van der Waals surface area contributed by atoms with Crippen LogP contribution in [0.4, 0.5) is 0 Å². The average Bonchev–Trinajstić information content (AvgIpc) is 2.72. The molecule has 0 nitrogen and oxygen atoms in total. The molecule has 4 unspecified atom stereocenters. The normalized spacial score (nSPS) is 43.3. The van der Waals surface area contributed by atoms with Gasteiger partial charge in [0.25, 0.3) is 0 Å². The molecule has 2 aliphatic rings. The third-order valence-electron chi connectivity index (χ3n) is 4.06. The van der Waals surface area contributed by atoms with E-state index in [2.05, 4.69) is 13.8 Å². The van der Waals surface area contributed by atoms with Crippen molar-refractivity contribution in [1.82, 2.24) is 0 Å².